The molecule has 1 N–H and O–H groups in total. The number of Topliss-reactive ketones (excluding diaryl/α,β-unsaturated/α-hetero) is 1. The number of aromatic nitrogens is 2. The van der Waals surface area contributed by atoms with Crippen LogP contribution in [-0.4, -0.2) is 22.6 Å². The molecule has 1 aromatic heterocycles. The maximum atomic E-state index is 12.1. The lowest BCUT2D eigenvalue weighted by atomic mass is 9.95. The number of benzene rings is 2. The van der Waals surface area contributed by atoms with Crippen LogP contribution in [0.15, 0.2) is 60.8 Å². The second-order valence-corrected chi connectivity index (χ2v) is 6.81. The van der Waals surface area contributed by atoms with Crippen LogP contribution in [0.25, 0.3) is 0 Å². The van der Waals surface area contributed by atoms with Gasteiger partial charge in [-0.3, -0.25) is 9.89 Å². The molecule has 0 amide bonds. The summed E-state index contributed by atoms with van der Waals surface area (Å²) in [6.07, 6.45) is 2.96. The molecule has 4 nitrogen and oxygen atoms in total. The molecule has 1 heterocycles. The molecular formula is C24H24N2O2. The van der Waals surface area contributed by atoms with Gasteiger partial charge >= 0.3 is 0 Å². The van der Waals surface area contributed by atoms with Gasteiger partial charge in [0, 0.05) is 23.7 Å². The van der Waals surface area contributed by atoms with Crippen LogP contribution >= 0.6 is 0 Å². The Morgan fingerprint density at radius 1 is 1.04 bits per heavy atom. The van der Waals surface area contributed by atoms with Crippen LogP contribution in [0.2, 0.25) is 0 Å². The number of nitrogens with zero attached hydrogens (tertiary/aromatic N) is 1. The van der Waals surface area contributed by atoms with E-state index in [0.29, 0.717) is 18.7 Å². The number of ether oxygens (including phenoxy) is 1. The van der Waals surface area contributed by atoms with E-state index in [4.69, 9.17) is 4.74 Å². The van der Waals surface area contributed by atoms with E-state index >= 15 is 0 Å². The fraction of sp³-hybridized carbons (Fsp3) is 0.250. The van der Waals surface area contributed by atoms with E-state index in [1.807, 2.05) is 43.3 Å². The van der Waals surface area contributed by atoms with Crippen molar-refractivity contribution in [3.63, 3.8) is 0 Å². The smallest absolute Gasteiger partial charge is 0.180 e. The Bertz CT molecular complexity index is 947. The minimum atomic E-state index is 0.0999. The van der Waals surface area contributed by atoms with E-state index < -0.39 is 0 Å². The van der Waals surface area contributed by atoms with Crippen LogP contribution in [0.5, 0.6) is 5.75 Å². The fourth-order valence-corrected chi connectivity index (χ4v) is 2.98. The van der Waals surface area contributed by atoms with Crippen LogP contribution in [0.3, 0.4) is 0 Å². The van der Waals surface area contributed by atoms with Gasteiger partial charge in [-0.15, -0.1) is 0 Å². The number of rotatable bonds is 7. The average molecular weight is 372 g/mol. The maximum absolute atomic E-state index is 12.1. The Balaban J connectivity index is 1.55. The normalized spacial score (nSPS) is 11.4. The van der Waals surface area contributed by atoms with Crippen LogP contribution < -0.4 is 4.74 Å². The number of carbonyl (C=O) groups is 1. The van der Waals surface area contributed by atoms with Gasteiger partial charge in [0.2, 0.25) is 0 Å². The highest BCUT2D eigenvalue weighted by Crippen LogP contribution is 2.15. The predicted molar refractivity (Wildman–Crippen MR) is 110 cm³/mol. The lowest BCUT2D eigenvalue weighted by molar-refractivity contribution is 0.0959. The Labute approximate surface area is 166 Å². The highest BCUT2D eigenvalue weighted by molar-refractivity contribution is 5.94. The molecule has 1 unspecified atom stereocenters. The van der Waals surface area contributed by atoms with Crippen molar-refractivity contribution in [1.29, 1.82) is 0 Å². The summed E-state index contributed by atoms with van der Waals surface area (Å²) in [5, 5.41) is 6.56. The fourth-order valence-electron chi connectivity index (χ4n) is 2.98. The van der Waals surface area contributed by atoms with E-state index in [-0.39, 0.29) is 11.7 Å². The first-order valence-corrected chi connectivity index (χ1v) is 9.50. The molecule has 28 heavy (non-hydrogen) atoms. The molecular weight excluding hydrogens is 348 g/mol. The average Bonchev–Trinajstić information content (AvgIpc) is 3.24. The van der Waals surface area contributed by atoms with Crippen LogP contribution in [-0.2, 0) is 6.42 Å². The molecule has 0 fully saturated rings. The Hall–Kier alpha value is -3.32. The number of hydrogen-bond acceptors (Lipinski definition) is 3. The Kier molecular flexibility index (Phi) is 6.64. The molecule has 0 saturated carbocycles. The molecule has 0 spiro atoms. The van der Waals surface area contributed by atoms with Gasteiger partial charge in [0.15, 0.2) is 5.78 Å². The minimum absolute atomic E-state index is 0.0999. The summed E-state index contributed by atoms with van der Waals surface area (Å²) in [6, 6.07) is 17.7. The predicted octanol–water partition coefficient (Wildman–Crippen LogP) is 4.66. The molecule has 1 atom stereocenters. The summed E-state index contributed by atoms with van der Waals surface area (Å²) >= 11 is 0. The number of H-pyrrole nitrogens is 1. The molecule has 0 saturated heterocycles. The third-order valence-corrected chi connectivity index (χ3v) is 4.39. The third-order valence-electron chi connectivity index (χ3n) is 4.39. The van der Waals surface area contributed by atoms with E-state index in [1.54, 1.807) is 12.3 Å². The summed E-state index contributed by atoms with van der Waals surface area (Å²) in [5.74, 6) is 7.58. The molecule has 0 radical (unpaired) electrons. The van der Waals surface area contributed by atoms with Crippen molar-refractivity contribution < 1.29 is 9.53 Å². The second-order valence-electron chi connectivity index (χ2n) is 6.81. The van der Waals surface area contributed by atoms with Crippen molar-refractivity contribution in [2.45, 2.75) is 26.7 Å². The molecule has 0 aliphatic carbocycles. The molecule has 0 aliphatic rings. The van der Waals surface area contributed by atoms with Crippen molar-refractivity contribution in [3.8, 4) is 17.6 Å². The van der Waals surface area contributed by atoms with Gasteiger partial charge in [0.1, 0.15) is 11.4 Å². The summed E-state index contributed by atoms with van der Waals surface area (Å²) in [7, 11) is 0. The Morgan fingerprint density at radius 3 is 2.25 bits per heavy atom. The molecule has 142 valence electrons. The summed E-state index contributed by atoms with van der Waals surface area (Å²) < 4.78 is 5.44. The lowest BCUT2D eigenvalue weighted by Gasteiger charge is -2.10. The molecule has 4 heteroatoms. The van der Waals surface area contributed by atoms with Crippen molar-refractivity contribution in [2.75, 3.05) is 6.61 Å². The topological polar surface area (TPSA) is 55.0 Å². The number of hydrogen-bond donors (Lipinski definition) is 1. The SMILES string of the molecule is CCOc1ccc(C#Cc2ccc(CC(C)CC(=O)c3ccn[nH]3)cc2)cc1. The third kappa shape index (κ3) is 5.59. The first-order valence-electron chi connectivity index (χ1n) is 9.50. The molecule has 3 rings (SSSR count). The second kappa shape index (κ2) is 9.57. The van der Waals surface area contributed by atoms with Crippen molar-refractivity contribution >= 4 is 5.78 Å². The zero-order chi connectivity index (χ0) is 19.8. The van der Waals surface area contributed by atoms with Crippen LogP contribution in [0.4, 0.5) is 0 Å². The van der Waals surface area contributed by atoms with Gasteiger partial charge in [-0.05, 0) is 67.3 Å². The van der Waals surface area contributed by atoms with Crippen molar-refractivity contribution in [2.24, 2.45) is 5.92 Å². The zero-order valence-corrected chi connectivity index (χ0v) is 16.2. The minimum Gasteiger partial charge on any atom is -0.494 e. The first kappa shape index (κ1) is 19.4. The van der Waals surface area contributed by atoms with E-state index in [1.165, 1.54) is 5.56 Å². The number of aromatic amines is 1. The zero-order valence-electron chi connectivity index (χ0n) is 16.2. The van der Waals surface area contributed by atoms with Crippen LogP contribution in [0, 0.1) is 17.8 Å². The summed E-state index contributed by atoms with van der Waals surface area (Å²) in [5.41, 5.74) is 3.71. The highest BCUT2D eigenvalue weighted by Gasteiger charge is 2.12. The Morgan fingerprint density at radius 2 is 1.68 bits per heavy atom. The van der Waals surface area contributed by atoms with E-state index in [9.17, 15) is 4.79 Å². The van der Waals surface area contributed by atoms with Crippen molar-refractivity contribution in [1.82, 2.24) is 10.2 Å². The standard InChI is InChI=1S/C24H24N2O2/c1-3-28-22-12-10-20(11-13-22)5-4-19-6-8-21(9-7-19)16-18(2)17-24(27)23-14-15-25-26-23/h6-15,18H,3,16-17H2,1-2H3,(H,25,26). The lowest BCUT2D eigenvalue weighted by Crippen LogP contribution is -2.09. The van der Waals surface area contributed by atoms with E-state index in [0.717, 1.165) is 23.3 Å². The number of nitrogens with one attached hydrogen (secondary N) is 1. The largest absolute Gasteiger partial charge is 0.494 e. The van der Waals surface area contributed by atoms with Gasteiger partial charge in [-0.2, -0.15) is 5.10 Å². The van der Waals surface area contributed by atoms with Gasteiger partial charge in [-0.25, -0.2) is 0 Å². The molecule has 0 aliphatic heterocycles. The highest BCUT2D eigenvalue weighted by atomic mass is 16.5. The first-order chi connectivity index (χ1) is 13.6. The number of carbonyl (C=O) groups excluding carboxylic acids is 1. The summed E-state index contributed by atoms with van der Waals surface area (Å²) in [4.78, 5) is 12.1. The van der Waals surface area contributed by atoms with Gasteiger partial charge in [-0.1, -0.05) is 30.9 Å². The molecule has 0 bridgehead atoms. The van der Waals surface area contributed by atoms with Gasteiger partial charge in [0.25, 0.3) is 0 Å². The quantitative estimate of drug-likeness (QED) is 0.485. The monoisotopic (exact) mass is 372 g/mol. The molecule has 3 aromatic rings. The van der Waals surface area contributed by atoms with Gasteiger partial charge < -0.3 is 4.74 Å². The molecule has 2 aromatic carbocycles. The van der Waals surface area contributed by atoms with Gasteiger partial charge in [0.05, 0.1) is 6.61 Å². The number of ketones is 1. The summed E-state index contributed by atoms with van der Waals surface area (Å²) in [6.45, 7) is 4.72. The van der Waals surface area contributed by atoms with Crippen LogP contribution in [0.1, 0.15) is 47.4 Å². The maximum Gasteiger partial charge on any atom is 0.180 e. The van der Waals surface area contributed by atoms with E-state index in [2.05, 4.69) is 41.1 Å². The van der Waals surface area contributed by atoms with Crippen molar-refractivity contribution in [3.05, 3.63) is 83.2 Å².